The minimum absolute atomic E-state index is 0.0729. The summed E-state index contributed by atoms with van der Waals surface area (Å²) in [6.45, 7) is 4.36. The highest BCUT2D eigenvalue weighted by Gasteiger charge is 2.26. The monoisotopic (exact) mass is 368 g/mol. The lowest BCUT2D eigenvalue weighted by atomic mass is 10.2. The Morgan fingerprint density at radius 3 is 2.96 bits per heavy atom. The van der Waals surface area contributed by atoms with Crippen molar-refractivity contribution in [1.29, 1.82) is 0 Å². The fraction of sp³-hybridized carbons (Fsp3) is 0.389. The van der Waals surface area contributed by atoms with E-state index in [1.54, 1.807) is 40.5 Å². The molecule has 0 amide bonds. The van der Waals surface area contributed by atoms with Gasteiger partial charge in [-0.2, -0.15) is 5.10 Å². The predicted octanol–water partition coefficient (Wildman–Crippen LogP) is 2.13. The predicted molar refractivity (Wildman–Crippen MR) is 99.8 cm³/mol. The molecule has 1 aliphatic heterocycles. The third-order valence-electron chi connectivity index (χ3n) is 4.61. The number of likely N-dealkylation sites (tertiary alicyclic amines) is 1. The van der Waals surface area contributed by atoms with Crippen LogP contribution in [0.2, 0.25) is 0 Å². The van der Waals surface area contributed by atoms with Gasteiger partial charge in [0.25, 0.3) is 5.56 Å². The Hall–Kier alpha value is -2.45. The second-order valence-electron chi connectivity index (χ2n) is 6.46. The summed E-state index contributed by atoms with van der Waals surface area (Å²) in [4.78, 5) is 18.8. The molecule has 4 rings (SSSR count). The van der Waals surface area contributed by atoms with Crippen LogP contribution in [0, 0.1) is 6.92 Å². The van der Waals surface area contributed by atoms with Crippen LogP contribution in [0.3, 0.4) is 0 Å². The smallest absolute Gasteiger partial charge is 0.266 e. The minimum atomic E-state index is -0.0729. The highest BCUT2D eigenvalue weighted by atomic mass is 32.1. The van der Waals surface area contributed by atoms with Crippen LogP contribution < -0.4 is 5.56 Å². The van der Waals surface area contributed by atoms with E-state index < -0.39 is 0 Å². The van der Waals surface area contributed by atoms with E-state index in [-0.39, 0.29) is 11.6 Å². The second-order valence-corrected chi connectivity index (χ2v) is 7.73. The molecule has 4 heterocycles. The standard InChI is InChI=1S/C18H20N6OS/c1-13-20-21-17(26-13)12-23-9-3-5-15(23)11-24-18(25)7-6-16(22-24)14-4-2-8-19-10-14/h2,4,6-8,10,15H,3,5,9,11-12H2,1H3. The molecule has 3 aromatic rings. The molecule has 0 radical (unpaired) electrons. The van der Waals surface area contributed by atoms with Gasteiger partial charge in [0, 0.05) is 30.1 Å². The highest BCUT2D eigenvalue weighted by Crippen LogP contribution is 2.22. The molecule has 0 saturated carbocycles. The summed E-state index contributed by atoms with van der Waals surface area (Å²) >= 11 is 1.63. The summed E-state index contributed by atoms with van der Waals surface area (Å²) < 4.78 is 1.58. The Bertz CT molecular complexity index is 938. The van der Waals surface area contributed by atoms with Crippen molar-refractivity contribution in [3.8, 4) is 11.3 Å². The summed E-state index contributed by atoms with van der Waals surface area (Å²) in [6, 6.07) is 7.45. The zero-order chi connectivity index (χ0) is 17.9. The van der Waals surface area contributed by atoms with Crippen LogP contribution in [0.5, 0.6) is 0 Å². The summed E-state index contributed by atoms with van der Waals surface area (Å²) in [5, 5.41) is 14.9. The Balaban J connectivity index is 1.53. The molecule has 0 aromatic carbocycles. The van der Waals surface area contributed by atoms with Crippen LogP contribution in [-0.2, 0) is 13.1 Å². The first-order valence-electron chi connectivity index (χ1n) is 8.70. The summed E-state index contributed by atoms with van der Waals surface area (Å²) in [5.74, 6) is 0. The zero-order valence-corrected chi connectivity index (χ0v) is 15.4. The van der Waals surface area contributed by atoms with Gasteiger partial charge in [-0.15, -0.1) is 21.5 Å². The lowest BCUT2D eigenvalue weighted by molar-refractivity contribution is 0.216. The Kier molecular flexibility index (Phi) is 4.85. The van der Waals surface area contributed by atoms with E-state index in [0.717, 1.165) is 47.2 Å². The first kappa shape index (κ1) is 17.0. The van der Waals surface area contributed by atoms with Gasteiger partial charge < -0.3 is 0 Å². The van der Waals surface area contributed by atoms with Gasteiger partial charge in [0.15, 0.2) is 0 Å². The average Bonchev–Trinajstić information content (AvgIpc) is 3.27. The van der Waals surface area contributed by atoms with Gasteiger partial charge in [-0.05, 0) is 44.5 Å². The van der Waals surface area contributed by atoms with Crippen LogP contribution in [0.4, 0.5) is 0 Å². The maximum atomic E-state index is 12.3. The van der Waals surface area contributed by atoms with Gasteiger partial charge in [-0.1, -0.05) is 0 Å². The number of nitrogens with zero attached hydrogens (tertiary/aromatic N) is 6. The van der Waals surface area contributed by atoms with Crippen LogP contribution in [0.1, 0.15) is 22.9 Å². The number of aryl methyl sites for hydroxylation is 1. The third-order valence-corrected chi connectivity index (χ3v) is 5.44. The topological polar surface area (TPSA) is 76.8 Å². The molecular weight excluding hydrogens is 348 g/mol. The first-order chi connectivity index (χ1) is 12.7. The Morgan fingerprint density at radius 1 is 1.27 bits per heavy atom. The molecule has 134 valence electrons. The number of pyridine rings is 1. The summed E-state index contributed by atoms with van der Waals surface area (Å²) in [5.41, 5.74) is 1.60. The highest BCUT2D eigenvalue weighted by molar-refractivity contribution is 7.11. The van der Waals surface area contributed by atoms with Gasteiger partial charge >= 0.3 is 0 Å². The third kappa shape index (κ3) is 3.71. The Morgan fingerprint density at radius 2 is 2.19 bits per heavy atom. The van der Waals surface area contributed by atoms with Crippen molar-refractivity contribution in [2.24, 2.45) is 0 Å². The minimum Gasteiger partial charge on any atom is -0.292 e. The molecule has 1 unspecified atom stereocenters. The average molecular weight is 368 g/mol. The Labute approximate surface area is 155 Å². The van der Waals surface area contributed by atoms with Crippen LogP contribution >= 0.6 is 11.3 Å². The van der Waals surface area contributed by atoms with E-state index in [9.17, 15) is 4.79 Å². The van der Waals surface area contributed by atoms with Crippen molar-refractivity contribution < 1.29 is 0 Å². The molecule has 0 N–H and O–H groups in total. The number of rotatable bonds is 5. The van der Waals surface area contributed by atoms with E-state index in [1.807, 2.05) is 19.1 Å². The molecule has 8 heteroatoms. The lowest BCUT2D eigenvalue weighted by Crippen LogP contribution is -2.36. The van der Waals surface area contributed by atoms with Crippen molar-refractivity contribution >= 4 is 11.3 Å². The normalized spacial score (nSPS) is 17.7. The molecular formula is C18H20N6OS. The molecule has 1 aliphatic rings. The SMILES string of the molecule is Cc1nnc(CN2CCCC2Cn2nc(-c3cccnc3)ccc2=O)s1. The molecule has 7 nitrogen and oxygen atoms in total. The van der Waals surface area contributed by atoms with Gasteiger partial charge in [0.1, 0.15) is 10.0 Å². The van der Waals surface area contributed by atoms with Crippen LogP contribution in [-0.4, -0.2) is 42.4 Å². The molecule has 3 aromatic heterocycles. The number of aromatic nitrogens is 5. The van der Waals surface area contributed by atoms with Crippen molar-refractivity contribution in [1.82, 2.24) is 29.9 Å². The molecule has 1 atom stereocenters. The molecule has 0 bridgehead atoms. The molecule has 1 saturated heterocycles. The van der Waals surface area contributed by atoms with Crippen LogP contribution in [0.25, 0.3) is 11.3 Å². The van der Waals surface area contributed by atoms with Crippen molar-refractivity contribution in [2.75, 3.05) is 6.54 Å². The van der Waals surface area contributed by atoms with Crippen molar-refractivity contribution in [3.63, 3.8) is 0 Å². The van der Waals surface area contributed by atoms with Gasteiger partial charge in [-0.3, -0.25) is 14.7 Å². The van der Waals surface area contributed by atoms with E-state index in [0.29, 0.717) is 6.54 Å². The zero-order valence-electron chi connectivity index (χ0n) is 14.6. The first-order valence-corrected chi connectivity index (χ1v) is 9.52. The van der Waals surface area contributed by atoms with Crippen molar-refractivity contribution in [3.05, 3.63) is 57.0 Å². The summed E-state index contributed by atoms with van der Waals surface area (Å²) in [7, 11) is 0. The van der Waals surface area contributed by atoms with Gasteiger partial charge in [-0.25, -0.2) is 4.68 Å². The van der Waals surface area contributed by atoms with E-state index in [2.05, 4.69) is 25.2 Å². The number of hydrogen-bond donors (Lipinski definition) is 0. The van der Waals surface area contributed by atoms with Gasteiger partial charge in [0.05, 0.1) is 18.8 Å². The fourth-order valence-electron chi connectivity index (χ4n) is 3.33. The van der Waals surface area contributed by atoms with E-state index in [4.69, 9.17) is 0 Å². The van der Waals surface area contributed by atoms with Gasteiger partial charge in [0.2, 0.25) is 0 Å². The number of hydrogen-bond acceptors (Lipinski definition) is 7. The maximum Gasteiger partial charge on any atom is 0.266 e. The largest absolute Gasteiger partial charge is 0.292 e. The van der Waals surface area contributed by atoms with Crippen molar-refractivity contribution in [2.45, 2.75) is 38.9 Å². The van der Waals surface area contributed by atoms with Crippen LogP contribution in [0.15, 0.2) is 41.5 Å². The molecule has 0 spiro atoms. The maximum absolute atomic E-state index is 12.3. The second kappa shape index (κ2) is 7.43. The summed E-state index contributed by atoms with van der Waals surface area (Å²) in [6.07, 6.45) is 5.67. The molecule has 0 aliphatic carbocycles. The van der Waals surface area contributed by atoms with E-state index in [1.165, 1.54) is 0 Å². The lowest BCUT2D eigenvalue weighted by Gasteiger charge is -2.23. The van der Waals surface area contributed by atoms with E-state index >= 15 is 0 Å². The fourth-order valence-corrected chi connectivity index (χ4v) is 4.07. The quantitative estimate of drug-likeness (QED) is 0.687. The molecule has 1 fully saturated rings. The molecule has 26 heavy (non-hydrogen) atoms.